The van der Waals surface area contributed by atoms with Crippen LogP contribution in [0.1, 0.15) is 26.7 Å². The molecule has 0 aliphatic carbocycles. The molecule has 0 aliphatic heterocycles. The van der Waals surface area contributed by atoms with Crippen molar-refractivity contribution in [2.75, 3.05) is 0 Å². The second-order valence-corrected chi connectivity index (χ2v) is 3.54. The number of hydrogen-bond acceptors (Lipinski definition) is 3. The SMILES string of the molecule is C=C[C@](C)(O)CCC(OO)C(=C)C. The molecule has 13 heavy (non-hydrogen) atoms. The van der Waals surface area contributed by atoms with Crippen LogP contribution in [-0.2, 0) is 4.89 Å². The fourth-order valence-corrected chi connectivity index (χ4v) is 0.914. The fraction of sp³-hybridized carbons (Fsp3) is 0.600. The number of aliphatic hydroxyl groups is 1. The van der Waals surface area contributed by atoms with Crippen molar-refractivity contribution >= 4 is 0 Å². The van der Waals surface area contributed by atoms with Crippen LogP contribution < -0.4 is 0 Å². The molecule has 0 rings (SSSR count). The molecule has 3 nitrogen and oxygen atoms in total. The van der Waals surface area contributed by atoms with Gasteiger partial charge in [-0.15, -0.1) is 6.58 Å². The topological polar surface area (TPSA) is 49.7 Å². The van der Waals surface area contributed by atoms with Crippen molar-refractivity contribution in [2.45, 2.75) is 38.4 Å². The van der Waals surface area contributed by atoms with E-state index in [4.69, 9.17) is 5.26 Å². The summed E-state index contributed by atoms with van der Waals surface area (Å²) >= 11 is 0. The Balaban J connectivity index is 3.99. The summed E-state index contributed by atoms with van der Waals surface area (Å²) in [7, 11) is 0. The summed E-state index contributed by atoms with van der Waals surface area (Å²) in [5, 5.41) is 18.1. The van der Waals surface area contributed by atoms with E-state index < -0.39 is 11.7 Å². The Hall–Kier alpha value is -0.640. The Bertz CT molecular complexity index is 185. The van der Waals surface area contributed by atoms with Gasteiger partial charge in [-0.2, -0.15) is 0 Å². The average molecular weight is 186 g/mol. The quantitative estimate of drug-likeness (QED) is 0.379. The van der Waals surface area contributed by atoms with Gasteiger partial charge in [0.15, 0.2) is 0 Å². The summed E-state index contributed by atoms with van der Waals surface area (Å²) in [6, 6.07) is 0. The van der Waals surface area contributed by atoms with Gasteiger partial charge in [0.1, 0.15) is 6.10 Å². The van der Waals surface area contributed by atoms with Crippen molar-refractivity contribution in [3.8, 4) is 0 Å². The summed E-state index contributed by atoms with van der Waals surface area (Å²) in [4.78, 5) is 4.21. The Kier molecular flexibility index (Phi) is 4.91. The van der Waals surface area contributed by atoms with Crippen molar-refractivity contribution < 1.29 is 15.3 Å². The van der Waals surface area contributed by atoms with Crippen molar-refractivity contribution in [3.63, 3.8) is 0 Å². The Morgan fingerprint density at radius 3 is 2.54 bits per heavy atom. The lowest BCUT2D eigenvalue weighted by molar-refractivity contribution is -0.270. The van der Waals surface area contributed by atoms with Gasteiger partial charge in [-0.1, -0.05) is 12.7 Å². The highest BCUT2D eigenvalue weighted by Crippen LogP contribution is 2.18. The van der Waals surface area contributed by atoms with Crippen LogP contribution in [0.2, 0.25) is 0 Å². The van der Waals surface area contributed by atoms with Gasteiger partial charge in [0.05, 0.1) is 5.60 Å². The summed E-state index contributed by atoms with van der Waals surface area (Å²) in [6.07, 6.45) is 2.06. The minimum Gasteiger partial charge on any atom is -0.386 e. The lowest BCUT2D eigenvalue weighted by Crippen LogP contribution is -2.24. The summed E-state index contributed by atoms with van der Waals surface area (Å²) in [5.74, 6) is 0. The Morgan fingerprint density at radius 1 is 1.69 bits per heavy atom. The van der Waals surface area contributed by atoms with Crippen LogP contribution in [-0.4, -0.2) is 22.1 Å². The second-order valence-electron chi connectivity index (χ2n) is 3.54. The molecule has 0 amide bonds. The highest BCUT2D eigenvalue weighted by Gasteiger charge is 2.19. The summed E-state index contributed by atoms with van der Waals surface area (Å²) < 4.78 is 0. The van der Waals surface area contributed by atoms with Gasteiger partial charge < -0.3 is 5.11 Å². The maximum absolute atomic E-state index is 9.56. The number of rotatable bonds is 6. The van der Waals surface area contributed by atoms with Gasteiger partial charge in [0.25, 0.3) is 0 Å². The molecule has 0 fully saturated rings. The highest BCUT2D eigenvalue weighted by atomic mass is 17.1. The van der Waals surface area contributed by atoms with Crippen LogP contribution in [0.4, 0.5) is 0 Å². The van der Waals surface area contributed by atoms with Crippen LogP contribution in [0.15, 0.2) is 24.8 Å². The predicted molar refractivity (Wildman–Crippen MR) is 52.4 cm³/mol. The highest BCUT2D eigenvalue weighted by molar-refractivity contribution is 5.00. The molecule has 0 aromatic carbocycles. The molecular weight excluding hydrogens is 168 g/mol. The molecule has 0 radical (unpaired) electrons. The minimum atomic E-state index is -0.910. The van der Waals surface area contributed by atoms with E-state index in [9.17, 15) is 5.11 Å². The number of hydrogen-bond donors (Lipinski definition) is 2. The molecule has 1 unspecified atom stereocenters. The molecule has 0 heterocycles. The molecule has 76 valence electrons. The largest absolute Gasteiger partial charge is 0.386 e. The van der Waals surface area contributed by atoms with E-state index in [1.54, 1.807) is 13.8 Å². The first-order valence-electron chi connectivity index (χ1n) is 4.24. The third kappa shape index (κ3) is 4.83. The smallest absolute Gasteiger partial charge is 0.113 e. The van der Waals surface area contributed by atoms with E-state index in [0.717, 1.165) is 5.57 Å². The molecule has 3 heteroatoms. The molecule has 0 bridgehead atoms. The molecule has 2 N–H and O–H groups in total. The van der Waals surface area contributed by atoms with Crippen molar-refractivity contribution in [2.24, 2.45) is 0 Å². The van der Waals surface area contributed by atoms with Gasteiger partial charge in [0.2, 0.25) is 0 Å². The van der Waals surface area contributed by atoms with Crippen LogP contribution in [0.3, 0.4) is 0 Å². The minimum absolute atomic E-state index is 0.411. The van der Waals surface area contributed by atoms with Crippen LogP contribution in [0.5, 0.6) is 0 Å². The standard InChI is InChI=1S/C10H18O3/c1-5-10(4,11)7-6-9(13-12)8(2)3/h5,9,11-12H,1-2,6-7H2,3-4H3/t9?,10-/m0/s1. The zero-order valence-corrected chi connectivity index (χ0v) is 8.29. The molecule has 2 atom stereocenters. The van der Waals surface area contributed by atoms with Crippen molar-refractivity contribution in [3.05, 3.63) is 24.8 Å². The van der Waals surface area contributed by atoms with E-state index >= 15 is 0 Å². The second kappa shape index (κ2) is 5.17. The van der Waals surface area contributed by atoms with E-state index in [-0.39, 0.29) is 0 Å². The Morgan fingerprint density at radius 2 is 2.23 bits per heavy atom. The molecule has 0 saturated carbocycles. The van der Waals surface area contributed by atoms with Crippen molar-refractivity contribution in [1.82, 2.24) is 0 Å². The van der Waals surface area contributed by atoms with Gasteiger partial charge in [-0.25, -0.2) is 4.89 Å². The zero-order valence-electron chi connectivity index (χ0n) is 8.29. The summed E-state index contributed by atoms with van der Waals surface area (Å²) in [6.45, 7) is 10.6. The van der Waals surface area contributed by atoms with Crippen LogP contribution in [0.25, 0.3) is 0 Å². The van der Waals surface area contributed by atoms with E-state index in [0.29, 0.717) is 12.8 Å². The van der Waals surface area contributed by atoms with E-state index in [1.807, 2.05) is 0 Å². The average Bonchev–Trinajstić information content (AvgIpc) is 2.05. The third-order valence-corrected chi connectivity index (χ3v) is 2.03. The predicted octanol–water partition coefficient (Wildman–Crippen LogP) is 2.14. The van der Waals surface area contributed by atoms with Gasteiger partial charge >= 0.3 is 0 Å². The van der Waals surface area contributed by atoms with Gasteiger partial charge in [-0.05, 0) is 32.3 Å². The van der Waals surface area contributed by atoms with E-state index in [2.05, 4.69) is 18.0 Å². The monoisotopic (exact) mass is 186 g/mol. The van der Waals surface area contributed by atoms with E-state index in [1.165, 1.54) is 6.08 Å². The Labute approximate surface area is 79.3 Å². The van der Waals surface area contributed by atoms with Crippen LogP contribution >= 0.6 is 0 Å². The third-order valence-electron chi connectivity index (χ3n) is 2.03. The van der Waals surface area contributed by atoms with Gasteiger partial charge in [0, 0.05) is 0 Å². The molecule has 0 saturated heterocycles. The lowest BCUT2D eigenvalue weighted by atomic mass is 9.96. The zero-order chi connectivity index (χ0) is 10.5. The van der Waals surface area contributed by atoms with Gasteiger partial charge in [-0.3, -0.25) is 5.26 Å². The molecule has 0 spiro atoms. The summed E-state index contributed by atoms with van der Waals surface area (Å²) in [5.41, 5.74) is -0.172. The first-order chi connectivity index (χ1) is 5.93. The van der Waals surface area contributed by atoms with Crippen LogP contribution in [0, 0.1) is 0 Å². The maximum Gasteiger partial charge on any atom is 0.113 e. The van der Waals surface area contributed by atoms with Crippen molar-refractivity contribution in [1.29, 1.82) is 0 Å². The first kappa shape index (κ1) is 12.4. The normalized spacial score (nSPS) is 17.5. The molecule has 0 aromatic heterocycles. The lowest BCUT2D eigenvalue weighted by Gasteiger charge is -2.21. The maximum atomic E-state index is 9.56. The fourth-order valence-electron chi connectivity index (χ4n) is 0.914. The first-order valence-corrected chi connectivity index (χ1v) is 4.24. The molecule has 0 aliphatic rings. The molecule has 0 aromatic rings. The molecular formula is C10H18O3.